The van der Waals surface area contributed by atoms with Crippen LogP contribution in [0.4, 0.5) is 0 Å². The first-order chi connectivity index (χ1) is 32.8. The molecular formula is C44H93Cl2N8NaO20. The number of ether oxygens (including phenoxy) is 2. The van der Waals surface area contributed by atoms with Gasteiger partial charge in [0.2, 0.25) is 11.8 Å². The molecule has 2 unspecified atom stereocenters. The topological polar surface area (TPSA) is 506 Å². The fourth-order valence-electron chi connectivity index (χ4n) is 4.97. The molecule has 0 saturated heterocycles. The van der Waals surface area contributed by atoms with Crippen molar-refractivity contribution in [1.29, 1.82) is 0 Å². The Morgan fingerprint density at radius 2 is 0.640 bits per heavy atom. The summed E-state index contributed by atoms with van der Waals surface area (Å²) in [5, 5.41) is 91.0. The number of esters is 2. The van der Waals surface area contributed by atoms with Gasteiger partial charge < -0.3 is 129 Å². The molecule has 0 rings (SSSR count). The maximum Gasteiger partial charge on any atom is 1.00 e. The zero-order valence-electron chi connectivity index (χ0n) is 45.6. The summed E-state index contributed by atoms with van der Waals surface area (Å²) in [5.41, 5.74) is 7.66. The molecule has 0 heterocycles. The Kier molecular flexibility index (Phi) is 67.7. The van der Waals surface area contributed by atoms with Gasteiger partial charge in [0.05, 0.1) is 40.4 Å². The molecule has 0 saturated carbocycles. The normalized spacial score (nSPS) is 13.9. The van der Waals surface area contributed by atoms with E-state index in [0.717, 1.165) is 52.0 Å². The van der Waals surface area contributed by atoms with Crippen LogP contribution >= 0.6 is 0 Å². The van der Waals surface area contributed by atoms with Gasteiger partial charge in [-0.2, -0.15) is 0 Å². The van der Waals surface area contributed by atoms with Crippen molar-refractivity contribution in [2.45, 2.75) is 143 Å². The molecule has 0 aliphatic heterocycles. The number of quaternary nitrogens is 2. The van der Waals surface area contributed by atoms with Crippen molar-refractivity contribution in [2.24, 2.45) is 23.7 Å². The molecule has 0 aromatic carbocycles. The Hall–Kier alpha value is -3.14. The predicted octanol–water partition coefficient (Wildman–Crippen LogP) is -16.7. The van der Waals surface area contributed by atoms with Gasteiger partial charge in [-0.3, -0.25) is 38.4 Å². The predicted molar refractivity (Wildman–Crippen MR) is 258 cm³/mol. The summed E-state index contributed by atoms with van der Waals surface area (Å²) in [4.78, 5) is 91.8. The van der Waals surface area contributed by atoms with Gasteiger partial charge in [-0.05, 0) is 37.5 Å². The van der Waals surface area contributed by atoms with Crippen molar-refractivity contribution in [2.75, 3.05) is 66.6 Å². The van der Waals surface area contributed by atoms with Crippen molar-refractivity contribution in [3.63, 3.8) is 0 Å². The maximum atomic E-state index is 11.9. The molecule has 10 atom stereocenters. The summed E-state index contributed by atoms with van der Waals surface area (Å²) in [6, 6.07) is 0. The first-order valence-electron chi connectivity index (χ1n) is 23.6. The number of amides is 6. The Morgan fingerprint density at radius 1 is 0.427 bits per heavy atom. The van der Waals surface area contributed by atoms with Gasteiger partial charge in [-0.25, -0.2) is 0 Å². The number of hydrogen-bond acceptors (Lipinski definition) is 19. The number of aliphatic hydroxyl groups is 8. The average Bonchev–Trinajstić information content (AvgIpc) is 3.37. The van der Waals surface area contributed by atoms with Crippen LogP contribution in [-0.2, 0) is 47.8 Å². The first kappa shape index (κ1) is 91.3. The van der Waals surface area contributed by atoms with Crippen molar-refractivity contribution in [3.05, 3.63) is 0 Å². The van der Waals surface area contributed by atoms with Crippen molar-refractivity contribution >= 4 is 47.4 Å². The molecule has 0 aromatic rings. The maximum absolute atomic E-state index is 11.9. The summed E-state index contributed by atoms with van der Waals surface area (Å²) in [6.07, 6.45) is -11.0. The van der Waals surface area contributed by atoms with Gasteiger partial charge in [0, 0.05) is 24.9 Å². The van der Waals surface area contributed by atoms with E-state index < -0.39 is 122 Å². The summed E-state index contributed by atoms with van der Waals surface area (Å²) >= 11 is 0. The second-order valence-corrected chi connectivity index (χ2v) is 16.3. The molecule has 0 aliphatic carbocycles. The van der Waals surface area contributed by atoms with E-state index >= 15 is 0 Å². The number of hydrogen-bond donors (Lipinski definition) is 16. The summed E-state index contributed by atoms with van der Waals surface area (Å²) in [5.74, 6) is -5.26. The smallest absolute Gasteiger partial charge is 1.00 e. The van der Waals surface area contributed by atoms with Gasteiger partial charge in [0.1, 0.15) is 37.5 Å². The van der Waals surface area contributed by atoms with Gasteiger partial charge in [0.15, 0.2) is 24.4 Å². The monoisotopic (exact) mass is 1150 g/mol. The Morgan fingerprint density at radius 3 is 0.800 bits per heavy atom. The van der Waals surface area contributed by atoms with Crippen LogP contribution in [0.1, 0.15) is 93.9 Å². The summed E-state index contributed by atoms with van der Waals surface area (Å²) < 4.78 is 8.47. The van der Waals surface area contributed by atoms with Crippen molar-refractivity contribution < 1.29 is 165 Å². The number of rotatable bonds is 30. The fourth-order valence-corrected chi connectivity index (χ4v) is 4.97. The minimum atomic E-state index is -2.25. The number of halogens is 2. The quantitative estimate of drug-likeness (QED) is 0.0235. The van der Waals surface area contributed by atoms with Crippen molar-refractivity contribution in [3.8, 4) is 0 Å². The van der Waals surface area contributed by atoms with E-state index in [9.17, 15) is 79.2 Å². The molecule has 0 bridgehead atoms. The van der Waals surface area contributed by atoms with Crippen LogP contribution in [0.15, 0.2) is 0 Å². The largest absolute Gasteiger partial charge is 1.00 e. The van der Waals surface area contributed by atoms with E-state index in [1.165, 1.54) is 25.7 Å². The molecule has 31 heteroatoms. The van der Waals surface area contributed by atoms with Crippen LogP contribution < -0.4 is 97.7 Å². The van der Waals surface area contributed by atoms with Crippen LogP contribution in [-0.4, -0.2) is 215 Å². The third-order valence-corrected chi connectivity index (χ3v) is 11.0. The van der Waals surface area contributed by atoms with Crippen molar-refractivity contribution in [1.82, 2.24) is 31.9 Å². The van der Waals surface area contributed by atoms with E-state index in [4.69, 9.17) is 0 Å². The van der Waals surface area contributed by atoms with Gasteiger partial charge in [-0.15, -0.1) is 0 Å². The van der Waals surface area contributed by atoms with Crippen LogP contribution in [0.25, 0.3) is 0 Å². The average molecular weight is 1150 g/mol. The molecule has 0 aromatic heterocycles. The SMILES string of the molecule is CCC(C)CNC(=O)CNC(=O)[C@@H](O)[C@@H](O)[C@H](O)[C@@H](O)C(=O)NCC(=O)NCC(C)CC.CCC(CC)C[NH3+].CCC(CC)C[NH3+].COC(=O)CNC(=O)[C@@H](O)[C@@H](O)[C@H](O)[C@@H](O)C(=O)NCC(=O)OC.O.[Cl-].[Cl-].[Na+].[OH-]. The Balaban J connectivity index is -0.000000127. The number of carbonyl (C=O) groups excluding carboxylic acids is 8. The molecule has 75 heavy (non-hydrogen) atoms. The second-order valence-electron chi connectivity index (χ2n) is 16.3. The molecule has 0 fully saturated rings. The molecule has 23 N–H and O–H groups in total. The first-order valence-corrected chi connectivity index (χ1v) is 23.6. The van der Waals surface area contributed by atoms with Crippen LogP contribution in [0.5, 0.6) is 0 Å². The third-order valence-electron chi connectivity index (χ3n) is 11.0. The minimum absolute atomic E-state index is 0. The van der Waals surface area contributed by atoms with Gasteiger partial charge in [0.25, 0.3) is 23.6 Å². The van der Waals surface area contributed by atoms with E-state index in [2.05, 4.69) is 69.9 Å². The Bertz CT molecular complexity index is 1380. The van der Waals surface area contributed by atoms with Crippen LogP contribution in [0, 0.1) is 23.7 Å². The van der Waals surface area contributed by atoms with E-state index in [0.29, 0.717) is 13.1 Å². The minimum Gasteiger partial charge on any atom is -1.00 e. The third kappa shape index (κ3) is 44.5. The molecule has 0 aliphatic rings. The van der Waals surface area contributed by atoms with Crippen LogP contribution in [0.2, 0.25) is 0 Å². The summed E-state index contributed by atoms with van der Waals surface area (Å²) in [6.45, 7) is 17.6. The van der Waals surface area contributed by atoms with E-state index in [1.807, 2.05) is 38.3 Å². The number of aliphatic hydroxyl groups excluding tert-OH is 8. The van der Waals surface area contributed by atoms with E-state index in [-0.39, 0.29) is 77.2 Å². The zero-order valence-corrected chi connectivity index (χ0v) is 49.1. The number of nitrogens with one attached hydrogen (secondary N) is 6. The summed E-state index contributed by atoms with van der Waals surface area (Å²) in [7, 11) is 2.12. The molecular weight excluding hydrogens is 1050 g/mol. The number of carbonyl (C=O) groups is 8. The zero-order chi connectivity index (χ0) is 55.1. The van der Waals surface area contributed by atoms with Gasteiger partial charge >= 0.3 is 41.5 Å². The molecule has 28 nitrogen and oxygen atoms in total. The van der Waals surface area contributed by atoms with Crippen LogP contribution in [0.3, 0.4) is 0 Å². The van der Waals surface area contributed by atoms with E-state index in [1.54, 1.807) is 0 Å². The second kappa shape index (κ2) is 55.6. The molecule has 0 radical (unpaired) electrons. The fraction of sp³-hybridized carbons (Fsp3) is 0.818. The number of methoxy groups -OCH3 is 2. The Labute approximate surface area is 475 Å². The van der Waals surface area contributed by atoms with Gasteiger partial charge in [-0.1, -0.05) is 68.2 Å². The molecule has 0 spiro atoms. The molecule has 6 amide bonds. The standard InChI is InChI=1S/C20H38N4O8.C12H20N2O10.2C6H15N.2ClH.Na.2H2O/c1-5-11(3)7-21-13(25)9-23-19(31)17(29)15(27)16(28)18(30)20(32)24-10-14(26)22-8-12(4)6-2;1-23-5(15)3-13-11(21)9(19)7(17)8(18)10(20)12(22)14-4-6(16)24-2;2*1-3-6(4-2)5-7;;;;;/h11-12,15-18,27-30H,5-10H2,1-4H3,(H,21,25)(H,22,26)(H,23,31)(H,24,32);7-10,17-20H,3-4H2,1-2H3,(H,13,21)(H,14,22);2*6H,3-5,7H2,1-2H3;2*1H;;2*1H2/q;;;;;;+1;;/p-1/t11?,12?,15-,16-,17-,18+;7-,8-,9-,10+;;;;;;;/m00......./s1. The molecule has 444 valence electrons.